The van der Waals surface area contributed by atoms with E-state index in [-0.39, 0.29) is 17.8 Å². The number of carboxylic acids is 1. The van der Waals surface area contributed by atoms with E-state index < -0.39 is 17.7 Å². The third-order valence-corrected chi connectivity index (χ3v) is 3.80. The summed E-state index contributed by atoms with van der Waals surface area (Å²) >= 11 is 0. The number of nitrogens with two attached hydrogens (primary N) is 1. The molecule has 1 aromatic rings. The van der Waals surface area contributed by atoms with E-state index in [9.17, 15) is 14.7 Å². The van der Waals surface area contributed by atoms with E-state index in [1.54, 1.807) is 17.0 Å². The van der Waals surface area contributed by atoms with Gasteiger partial charge in [-0.2, -0.15) is 5.10 Å². The van der Waals surface area contributed by atoms with Crippen LogP contribution in [0.3, 0.4) is 0 Å². The van der Waals surface area contributed by atoms with Gasteiger partial charge in [-0.25, -0.2) is 14.6 Å². The van der Waals surface area contributed by atoms with Crippen molar-refractivity contribution in [2.24, 2.45) is 10.7 Å². The van der Waals surface area contributed by atoms with Gasteiger partial charge in [-0.15, -0.1) is 0 Å². The number of ether oxygens (including phenoxy) is 1. The molecule has 1 aliphatic rings. The molecule has 9 heteroatoms. The first-order valence-corrected chi connectivity index (χ1v) is 8.95. The molecule has 0 radical (unpaired) electrons. The molecule has 1 amide bonds. The van der Waals surface area contributed by atoms with Crippen LogP contribution in [0.2, 0.25) is 0 Å². The van der Waals surface area contributed by atoms with Crippen LogP contribution in [-0.2, 0) is 16.1 Å². The quantitative estimate of drug-likeness (QED) is 0.625. The number of amides is 1. The molecule has 4 N–H and O–H groups in total. The van der Waals surface area contributed by atoms with Crippen molar-refractivity contribution in [2.45, 2.75) is 58.6 Å². The monoisotopic (exact) mass is 377 g/mol. The molecule has 0 atom stereocenters. The van der Waals surface area contributed by atoms with Crippen LogP contribution in [-0.4, -0.2) is 44.9 Å². The number of amidine groups is 1. The second kappa shape index (κ2) is 8.70. The van der Waals surface area contributed by atoms with E-state index in [1.165, 1.54) is 0 Å². The fourth-order valence-corrected chi connectivity index (χ4v) is 2.61. The van der Waals surface area contributed by atoms with Crippen molar-refractivity contribution < 1.29 is 19.4 Å². The summed E-state index contributed by atoms with van der Waals surface area (Å²) in [6.07, 6.45) is 5.39. The number of nitrogens with zero attached hydrogens (tertiary/aromatic N) is 3. The van der Waals surface area contributed by atoms with Crippen LogP contribution in [0.15, 0.2) is 16.8 Å². The lowest BCUT2D eigenvalue weighted by Crippen LogP contribution is -2.33. The first-order valence-electron chi connectivity index (χ1n) is 8.95. The van der Waals surface area contributed by atoms with Crippen molar-refractivity contribution in [3.05, 3.63) is 17.5 Å². The molecule has 1 aliphatic heterocycles. The van der Waals surface area contributed by atoms with Crippen molar-refractivity contribution in [2.75, 3.05) is 6.54 Å². The number of unbranched alkanes of at least 4 members (excludes halogenated alkanes) is 2. The first-order chi connectivity index (χ1) is 12.7. The van der Waals surface area contributed by atoms with Crippen molar-refractivity contribution in [3.8, 4) is 0 Å². The lowest BCUT2D eigenvalue weighted by Gasteiger charge is -2.19. The Balaban J connectivity index is 1.82. The van der Waals surface area contributed by atoms with Crippen LogP contribution in [0.5, 0.6) is 0 Å². The Labute approximate surface area is 158 Å². The van der Waals surface area contributed by atoms with Gasteiger partial charge in [0.1, 0.15) is 17.1 Å². The van der Waals surface area contributed by atoms with Gasteiger partial charge in [0, 0.05) is 25.1 Å². The number of carbonyl (C=O) groups excluding carboxylic acids is 1. The molecule has 0 saturated heterocycles. The van der Waals surface area contributed by atoms with Gasteiger partial charge in [-0.3, -0.25) is 4.68 Å². The van der Waals surface area contributed by atoms with Crippen LogP contribution in [0.1, 0.15) is 52.1 Å². The highest BCUT2D eigenvalue weighted by atomic mass is 16.6. The van der Waals surface area contributed by atoms with Crippen LogP contribution < -0.4 is 11.1 Å². The second-order valence-electron chi connectivity index (χ2n) is 7.38. The van der Waals surface area contributed by atoms with Gasteiger partial charge in [0.2, 0.25) is 0 Å². The largest absolute Gasteiger partial charge is 0.478 e. The van der Waals surface area contributed by atoms with Crippen LogP contribution in [0.4, 0.5) is 10.5 Å². The zero-order chi connectivity index (χ0) is 20.0. The molecule has 27 heavy (non-hydrogen) atoms. The van der Waals surface area contributed by atoms with Gasteiger partial charge in [-0.1, -0.05) is 0 Å². The van der Waals surface area contributed by atoms with Crippen molar-refractivity contribution in [1.82, 2.24) is 15.1 Å². The normalized spacial score (nSPS) is 13.9. The second-order valence-corrected chi connectivity index (χ2v) is 7.38. The van der Waals surface area contributed by atoms with E-state index in [0.29, 0.717) is 24.5 Å². The van der Waals surface area contributed by atoms with Crippen molar-refractivity contribution in [3.63, 3.8) is 0 Å². The number of hydrogen-bond acceptors (Lipinski definition) is 6. The molecular weight excluding hydrogens is 350 g/mol. The Bertz CT molecular complexity index is 758. The number of hydrogen-bond donors (Lipinski definition) is 3. The third-order valence-electron chi connectivity index (χ3n) is 3.80. The number of rotatable bonds is 7. The minimum Gasteiger partial charge on any atom is -0.478 e. The van der Waals surface area contributed by atoms with Gasteiger partial charge < -0.3 is 20.9 Å². The molecule has 0 fully saturated rings. The number of fused-ring (bicyclic) bond motifs is 1. The average Bonchev–Trinajstić information content (AvgIpc) is 2.80. The van der Waals surface area contributed by atoms with Gasteiger partial charge in [0.25, 0.3) is 0 Å². The van der Waals surface area contributed by atoms with Crippen LogP contribution in [0, 0.1) is 0 Å². The zero-order valence-electron chi connectivity index (χ0n) is 16.0. The molecule has 0 saturated carbocycles. The maximum Gasteiger partial charge on any atom is 0.407 e. The Morgan fingerprint density at radius 2 is 2.07 bits per heavy atom. The Morgan fingerprint density at radius 1 is 1.33 bits per heavy atom. The van der Waals surface area contributed by atoms with Gasteiger partial charge in [-0.05, 0) is 46.1 Å². The Kier molecular flexibility index (Phi) is 6.59. The highest BCUT2D eigenvalue weighted by Gasteiger charge is 2.18. The Hall–Kier alpha value is -2.84. The maximum atomic E-state index is 11.6. The molecule has 0 bridgehead atoms. The number of aliphatic imine (C=N–C) groups is 1. The molecule has 2 rings (SSSR count). The summed E-state index contributed by atoms with van der Waals surface area (Å²) in [5, 5.41) is 16.3. The standard InChI is InChI=1S/C18H27N5O4/c1-18(2,3)27-17(26)20-7-5-4-6-8-23-14-9-12(16(24)25)10-15(19)22-13(14)11-21-23/h9,11H,4-8,10H2,1-3H3,(H2,19,22)(H,20,26)(H,24,25). The molecule has 0 spiro atoms. The van der Waals surface area contributed by atoms with Crippen LogP contribution in [0.25, 0.3) is 6.08 Å². The molecule has 2 heterocycles. The van der Waals surface area contributed by atoms with E-state index >= 15 is 0 Å². The molecule has 9 nitrogen and oxygen atoms in total. The van der Waals surface area contributed by atoms with Gasteiger partial charge >= 0.3 is 12.1 Å². The number of carboxylic acid groups (broad SMARTS) is 1. The van der Waals surface area contributed by atoms with E-state index in [2.05, 4.69) is 15.4 Å². The number of aliphatic carboxylic acids is 1. The lowest BCUT2D eigenvalue weighted by atomic mass is 10.1. The van der Waals surface area contributed by atoms with E-state index in [0.717, 1.165) is 19.3 Å². The Morgan fingerprint density at radius 3 is 2.74 bits per heavy atom. The molecule has 1 aromatic heterocycles. The van der Waals surface area contributed by atoms with Gasteiger partial charge in [0.15, 0.2) is 0 Å². The number of aryl methyl sites for hydroxylation is 1. The summed E-state index contributed by atoms with van der Waals surface area (Å²) in [7, 11) is 0. The topological polar surface area (TPSA) is 132 Å². The van der Waals surface area contributed by atoms with Crippen molar-refractivity contribution >= 4 is 29.7 Å². The summed E-state index contributed by atoms with van der Waals surface area (Å²) in [4.78, 5) is 27.1. The molecule has 0 aromatic carbocycles. The minimum absolute atomic E-state index is 0.111. The highest BCUT2D eigenvalue weighted by molar-refractivity contribution is 6.01. The van der Waals surface area contributed by atoms with E-state index in [1.807, 2.05) is 20.8 Å². The lowest BCUT2D eigenvalue weighted by molar-refractivity contribution is -0.132. The number of alkyl carbamates (subject to hydrolysis) is 1. The number of carbonyl (C=O) groups is 2. The average molecular weight is 377 g/mol. The summed E-state index contributed by atoms with van der Waals surface area (Å²) in [6.45, 7) is 6.63. The highest BCUT2D eigenvalue weighted by Crippen LogP contribution is 2.26. The fourth-order valence-electron chi connectivity index (χ4n) is 2.61. The number of nitrogens with one attached hydrogen (secondary N) is 1. The fraction of sp³-hybridized carbons (Fsp3) is 0.556. The molecule has 0 unspecified atom stereocenters. The zero-order valence-corrected chi connectivity index (χ0v) is 16.0. The third kappa shape index (κ3) is 6.43. The smallest absolute Gasteiger partial charge is 0.407 e. The summed E-state index contributed by atoms with van der Waals surface area (Å²) in [5.74, 6) is -0.753. The number of aromatic nitrogens is 2. The molecule has 148 valence electrons. The maximum absolute atomic E-state index is 11.6. The van der Waals surface area contributed by atoms with E-state index in [4.69, 9.17) is 10.5 Å². The predicted octanol–water partition coefficient (Wildman–Crippen LogP) is 2.44. The van der Waals surface area contributed by atoms with Crippen molar-refractivity contribution in [1.29, 1.82) is 0 Å². The molecule has 0 aliphatic carbocycles. The summed E-state index contributed by atoms with van der Waals surface area (Å²) < 4.78 is 6.91. The summed E-state index contributed by atoms with van der Waals surface area (Å²) in [5.41, 5.74) is 6.69. The first kappa shape index (κ1) is 20.5. The predicted molar refractivity (Wildman–Crippen MR) is 102 cm³/mol. The van der Waals surface area contributed by atoms with Crippen LogP contribution >= 0.6 is 0 Å². The molecular formula is C18H27N5O4. The minimum atomic E-state index is -1.01. The summed E-state index contributed by atoms with van der Waals surface area (Å²) in [6, 6.07) is 0. The SMILES string of the molecule is CC(C)(C)OC(=O)NCCCCCn1ncc2c1C=C(C(=O)O)CC(N)=N2. The van der Waals surface area contributed by atoms with Gasteiger partial charge in [0.05, 0.1) is 11.9 Å².